The Balaban J connectivity index is 1.33. The van der Waals surface area contributed by atoms with Gasteiger partial charge in [-0.1, -0.05) is 0 Å². The quantitative estimate of drug-likeness (QED) is 0.296. The van der Waals surface area contributed by atoms with Crippen molar-refractivity contribution >= 4 is 11.7 Å². The minimum absolute atomic E-state index is 0.00161. The third-order valence-corrected chi connectivity index (χ3v) is 8.38. The van der Waals surface area contributed by atoms with Crippen molar-refractivity contribution in [1.29, 1.82) is 0 Å². The molecule has 44 heavy (non-hydrogen) atoms. The van der Waals surface area contributed by atoms with Crippen LogP contribution in [0.4, 0.5) is 4.39 Å². The highest BCUT2D eigenvalue weighted by atomic mass is 19.1. The molecule has 11 heteroatoms. The molecular weight excluding hydrogens is 569 g/mol. The molecule has 0 saturated carbocycles. The van der Waals surface area contributed by atoms with Crippen molar-refractivity contribution in [1.82, 2.24) is 9.88 Å². The second-order valence-corrected chi connectivity index (χ2v) is 11.6. The Kier molecular flexibility index (Phi) is 9.19. The SMILES string of the molecule is COc1cc(C(=O)CC[C@](C)(O)c2cc3c(c(-c4ccc(F)cc4)n2)OC[C@]3(C)C(N)=O)ccc1OCCN1CCOCC1. The number of aliphatic hydroxyl groups is 1. The monoisotopic (exact) mass is 607 g/mol. The van der Waals surface area contributed by atoms with Crippen LogP contribution in [-0.4, -0.2) is 79.9 Å². The van der Waals surface area contributed by atoms with Crippen molar-refractivity contribution in [2.75, 3.05) is 53.2 Å². The summed E-state index contributed by atoms with van der Waals surface area (Å²) in [5.74, 6) is 0.135. The molecule has 0 aliphatic carbocycles. The molecule has 0 radical (unpaired) electrons. The van der Waals surface area contributed by atoms with Crippen LogP contribution in [-0.2, 0) is 20.5 Å². The van der Waals surface area contributed by atoms with E-state index in [-0.39, 0.29) is 30.9 Å². The van der Waals surface area contributed by atoms with E-state index in [0.717, 1.165) is 19.6 Å². The Morgan fingerprint density at radius 2 is 1.86 bits per heavy atom. The number of Topliss-reactive ketones (excluding diaryl/α,β-unsaturated/α-hetero) is 1. The Morgan fingerprint density at radius 3 is 2.55 bits per heavy atom. The highest BCUT2D eigenvalue weighted by Gasteiger charge is 2.45. The van der Waals surface area contributed by atoms with Crippen LogP contribution in [0.2, 0.25) is 0 Å². The first-order chi connectivity index (χ1) is 21.0. The lowest BCUT2D eigenvalue weighted by molar-refractivity contribution is -0.123. The maximum atomic E-state index is 13.7. The minimum atomic E-state index is -1.56. The van der Waals surface area contributed by atoms with E-state index < -0.39 is 22.7 Å². The number of amides is 1. The molecule has 3 N–H and O–H groups in total. The Hall–Kier alpha value is -4.06. The third kappa shape index (κ3) is 6.54. The van der Waals surface area contributed by atoms with Crippen molar-refractivity contribution in [3.63, 3.8) is 0 Å². The molecule has 2 atom stereocenters. The van der Waals surface area contributed by atoms with Gasteiger partial charge in [-0.2, -0.15) is 0 Å². The van der Waals surface area contributed by atoms with E-state index in [1.165, 1.54) is 19.2 Å². The molecule has 2 aliphatic heterocycles. The number of ether oxygens (including phenoxy) is 4. The van der Waals surface area contributed by atoms with Crippen molar-refractivity contribution in [2.45, 2.75) is 37.7 Å². The summed E-state index contributed by atoms with van der Waals surface area (Å²) in [6, 6.07) is 12.3. The van der Waals surface area contributed by atoms with Crippen molar-refractivity contribution < 1.29 is 38.0 Å². The molecule has 0 unspecified atom stereocenters. The van der Waals surface area contributed by atoms with Crippen LogP contribution < -0.4 is 19.9 Å². The number of rotatable bonds is 12. The van der Waals surface area contributed by atoms with Gasteiger partial charge in [-0.3, -0.25) is 14.5 Å². The second-order valence-electron chi connectivity index (χ2n) is 11.6. The summed E-state index contributed by atoms with van der Waals surface area (Å²) in [6.07, 6.45) is 0.0381. The minimum Gasteiger partial charge on any atom is -0.493 e. The summed E-state index contributed by atoms with van der Waals surface area (Å²) in [7, 11) is 1.52. The molecule has 1 amide bonds. The van der Waals surface area contributed by atoms with Gasteiger partial charge in [0.25, 0.3) is 0 Å². The molecule has 2 aliphatic rings. The topological polar surface area (TPSA) is 133 Å². The number of carbonyl (C=O) groups excluding carboxylic acids is 2. The summed E-state index contributed by atoms with van der Waals surface area (Å²) in [5, 5.41) is 11.6. The van der Waals surface area contributed by atoms with Gasteiger partial charge < -0.3 is 29.8 Å². The van der Waals surface area contributed by atoms with Gasteiger partial charge in [0.2, 0.25) is 5.91 Å². The van der Waals surface area contributed by atoms with Gasteiger partial charge in [-0.15, -0.1) is 0 Å². The average Bonchev–Trinajstić information content (AvgIpc) is 3.38. The summed E-state index contributed by atoms with van der Waals surface area (Å²) in [4.78, 5) is 32.7. The molecule has 0 bridgehead atoms. The number of nitrogens with zero attached hydrogens (tertiary/aromatic N) is 2. The fourth-order valence-corrected chi connectivity index (χ4v) is 5.37. The van der Waals surface area contributed by atoms with E-state index in [2.05, 4.69) is 9.88 Å². The van der Waals surface area contributed by atoms with Gasteiger partial charge in [-0.05, 0) is 68.8 Å². The second kappa shape index (κ2) is 12.9. The zero-order chi connectivity index (χ0) is 31.5. The van der Waals surface area contributed by atoms with Crippen LogP contribution in [0.15, 0.2) is 48.5 Å². The Morgan fingerprint density at radius 1 is 1.14 bits per heavy atom. The van der Waals surface area contributed by atoms with Gasteiger partial charge >= 0.3 is 0 Å². The number of pyridine rings is 1. The number of morpholine rings is 1. The van der Waals surface area contributed by atoms with E-state index in [4.69, 9.17) is 24.7 Å². The van der Waals surface area contributed by atoms with Crippen LogP contribution in [0, 0.1) is 5.82 Å². The standard InChI is InChI=1S/C33H38FN3O7/c1-32(31(35)39)20-44-30-24(32)19-28(36-29(30)21-4-7-23(34)8-5-21)33(2,40)11-10-25(38)22-6-9-26(27(18-22)41-3)43-17-14-37-12-15-42-16-13-37/h4-9,18-19,40H,10-17,20H2,1-3H3,(H2,35,39)/t32-,33-/m0/s1. The number of fused-ring (bicyclic) bond motifs is 1. The molecule has 0 spiro atoms. The lowest BCUT2D eigenvalue weighted by atomic mass is 9.81. The van der Waals surface area contributed by atoms with Gasteiger partial charge in [0, 0.05) is 42.7 Å². The van der Waals surface area contributed by atoms with Crippen molar-refractivity contribution in [3.05, 3.63) is 71.2 Å². The van der Waals surface area contributed by atoms with E-state index in [1.807, 2.05) is 0 Å². The van der Waals surface area contributed by atoms with E-state index in [1.54, 1.807) is 50.2 Å². The highest BCUT2D eigenvalue weighted by Crippen LogP contribution is 2.46. The molecule has 234 valence electrons. The summed E-state index contributed by atoms with van der Waals surface area (Å²) in [6.45, 7) is 7.63. The van der Waals surface area contributed by atoms with Gasteiger partial charge in [0.05, 0.1) is 26.0 Å². The predicted molar refractivity (Wildman–Crippen MR) is 161 cm³/mol. The van der Waals surface area contributed by atoms with E-state index in [9.17, 15) is 19.1 Å². The van der Waals surface area contributed by atoms with E-state index in [0.29, 0.717) is 59.5 Å². The van der Waals surface area contributed by atoms with Crippen LogP contribution in [0.3, 0.4) is 0 Å². The number of benzene rings is 2. The molecule has 5 rings (SSSR count). The molecule has 1 fully saturated rings. The zero-order valence-corrected chi connectivity index (χ0v) is 25.2. The van der Waals surface area contributed by atoms with Crippen LogP contribution in [0.5, 0.6) is 17.2 Å². The number of carbonyl (C=O) groups is 2. The van der Waals surface area contributed by atoms with Gasteiger partial charge in [0.15, 0.2) is 17.3 Å². The van der Waals surface area contributed by atoms with Crippen LogP contribution >= 0.6 is 0 Å². The molecule has 2 aromatic carbocycles. The van der Waals surface area contributed by atoms with E-state index >= 15 is 0 Å². The number of hydrogen-bond acceptors (Lipinski definition) is 9. The fourth-order valence-electron chi connectivity index (χ4n) is 5.37. The number of primary amides is 1. The fraction of sp³-hybridized carbons (Fsp3) is 0.424. The zero-order valence-electron chi connectivity index (χ0n) is 25.2. The van der Waals surface area contributed by atoms with Crippen molar-refractivity contribution in [2.24, 2.45) is 5.73 Å². The van der Waals surface area contributed by atoms with Crippen molar-refractivity contribution in [3.8, 4) is 28.5 Å². The molecular formula is C33H38FN3O7. The van der Waals surface area contributed by atoms with Gasteiger partial charge in [-0.25, -0.2) is 9.37 Å². The summed E-state index contributed by atoms with van der Waals surface area (Å²) in [5.41, 5.74) is 5.07. The largest absolute Gasteiger partial charge is 0.493 e. The third-order valence-electron chi connectivity index (χ3n) is 8.38. The number of halogens is 1. The first-order valence-corrected chi connectivity index (χ1v) is 14.6. The number of nitrogens with two attached hydrogens (primary N) is 1. The highest BCUT2D eigenvalue weighted by molar-refractivity contribution is 5.96. The summed E-state index contributed by atoms with van der Waals surface area (Å²) < 4.78 is 36.4. The molecule has 10 nitrogen and oxygen atoms in total. The number of ketones is 1. The molecule has 1 aromatic heterocycles. The maximum absolute atomic E-state index is 13.7. The molecule has 3 aromatic rings. The smallest absolute Gasteiger partial charge is 0.231 e. The lowest BCUT2D eigenvalue weighted by Crippen LogP contribution is -2.40. The number of aromatic nitrogens is 1. The van der Waals surface area contributed by atoms with Crippen LogP contribution in [0.1, 0.15) is 48.3 Å². The first-order valence-electron chi connectivity index (χ1n) is 14.6. The first kappa shape index (κ1) is 31.4. The number of hydrogen-bond donors (Lipinski definition) is 2. The molecule has 1 saturated heterocycles. The Labute approximate surface area is 255 Å². The average molecular weight is 608 g/mol. The molecule has 3 heterocycles. The van der Waals surface area contributed by atoms with Crippen LogP contribution in [0.25, 0.3) is 11.3 Å². The number of methoxy groups -OCH3 is 1. The normalized spacial score (nSPS) is 19.5. The Bertz CT molecular complexity index is 1520. The van der Waals surface area contributed by atoms with Gasteiger partial charge in [0.1, 0.15) is 41.5 Å². The maximum Gasteiger partial charge on any atom is 0.231 e. The summed E-state index contributed by atoms with van der Waals surface area (Å²) >= 11 is 0. The predicted octanol–water partition coefficient (Wildman–Crippen LogP) is 3.61. The lowest BCUT2D eigenvalue weighted by Gasteiger charge is -2.26.